The number of aryl methyl sites for hydroxylation is 1. The van der Waals surface area contributed by atoms with E-state index in [1.807, 2.05) is 39.0 Å². The van der Waals surface area contributed by atoms with E-state index in [0.717, 1.165) is 36.6 Å². The van der Waals surface area contributed by atoms with E-state index in [1.165, 1.54) is 6.26 Å². The minimum atomic E-state index is -3.17. The third-order valence-electron chi connectivity index (χ3n) is 3.24. The lowest BCUT2D eigenvalue weighted by Gasteiger charge is -2.11. The van der Waals surface area contributed by atoms with Gasteiger partial charge in [0.25, 0.3) is 0 Å². The van der Waals surface area contributed by atoms with Crippen LogP contribution >= 0.6 is 24.0 Å². The van der Waals surface area contributed by atoms with Crippen LogP contribution in [-0.4, -0.2) is 33.7 Å². The summed E-state index contributed by atoms with van der Waals surface area (Å²) in [5.41, 5.74) is 1.74. The van der Waals surface area contributed by atoms with Crippen LogP contribution in [0.3, 0.4) is 0 Å². The van der Waals surface area contributed by atoms with Crippen molar-refractivity contribution in [2.75, 3.05) is 19.3 Å². The molecule has 136 valence electrons. The van der Waals surface area contributed by atoms with Gasteiger partial charge in [-0.1, -0.05) is 24.3 Å². The van der Waals surface area contributed by atoms with Crippen LogP contribution in [0, 0.1) is 6.92 Å². The zero-order valence-electron chi connectivity index (χ0n) is 14.8. The summed E-state index contributed by atoms with van der Waals surface area (Å²) in [6, 6.07) is 5.35. The van der Waals surface area contributed by atoms with Gasteiger partial charge in [0.15, 0.2) is 15.8 Å². The first kappa shape index (κ1) is 22.9. The molecule has 0 atom stereocenters. The number of guanidine groups is 1. The molecule has 0 aliphatic rings. The second-order valence-electron chi connectivity index (χ2n) is 5.35. The topological polar surface area (TPSA) is 70.6 Å². The molecule has 24 heavy (non-hydrogen) atoms. The summed E-state index contributed by atoms with van der Waals surface area (Å²) in [5, 5.41) is 6.47. The number of nitrogens with one attached hydrogen (secondary N) is 2. The number of sulfone groups is 1. The van der Waals surface area contributed by atoms with Gasteiger partial charge in [0.1, 0.15) is 0 Å². The van der Waals surface area contributed by atoms with Gasteiger partial charge in [-0.25, -0.2) is 13.4 Å². The van der Waals surface area contributed by atoms with Crippen LogP contribution in [0.4, 0.5) is 0 Å². The van der Waals surface area contributed by atoms with Crippen LogP contribution in [0.15, 0.2) is 40.2 Å². The molecule has 0 amide bonds. The molecule has 0 spiro atoms. The fraction of sp³-hybridized carbons (Fsp3) is 0.471. The maximum absolute atomic E-state index is 11.6. The fourth-order valence-corrected chi connectivity index (χ4v) is 3.14. The van der Waals surface area contributed by atoms with Gasteiger partial charge in [0.05, 0.1) is 11.4 Å². The van der Waals surface area contributed by atoms with Crippen LogP contribution < -0.4 is 10.6 Å². The Labute approximate surface area is 163 Å². The average Bonchev–Trinajstić information content (AvgIpc) is 2.47. The van der Waals surface area contributed by atoms with Gasteiger partial charge < -0.3 is 10.6 Å². The van der Waals surface area contributed by atoms with E-state index < -0.39 is 9.84 Å². The summed E-state index contributed by atoms with van der Waals surface area (Å²) in [7, 11) is -3.17. The zero-order valence-corrected chi connectivity index (χ0v) is 17.9. The molecule has 0 unspecified atom stereocenters. The molecule has 0 saturated heterocycles. The number of halogens is 1. The number of nitrogens with zero attached hydrogens (tertiary/aromatic N) is 1. The van der Waals surface area contributed by atoms with E-state index in [1.54, 1.807) is 6.07 Å². The van der Waals surface area contributed by atoms with Crippen molar-refractivity contribution in [1.29, 1.82) is 0 Å². The van der Waals surface area contributed by atoms with E-state index in [4.69, 9.17) is 0 Å². The largest absolute Gasteiger partial charge is 0.357 e. The van der Waals surface area contributed by atoms with Crippen LogP contribution in [0.2, 0.25) is 0 Å². The van der Waals surface area contributed by atoms with Crippen molar-refractivity contribution in [3.63, 3.8) is 0 Å². The monoisotopic (exact) mass is 465 g/mol. The van der Waals surface area contributed by atoms with Gasteiger partial charge >= 0.3 is 0 Å². The molecule has 0 bridgehead atoms. The highest BCUT2D eigenvalue weighted by molar-refractivity contribution is 14.0. The number of benzene rings is 1. The van der Waals surface area contributed by atoms with Gasteiger partial charge in [0.2, 0.25) is 0 Å². The van der Waals surface area contributed by atoms with Gasteiger partial charge in [0, 0.05) is 19.3 Å². The molecular weight excluding hydrogens is 437 g/mol. The standard InChI is InChI=1S/C17H27N3O2S.HI/c1-5-7-8-11-19-17(18-6-2)20-13-15-9-10-16(14(3)12-15)23(4,21)22;/h5,7,9-10,12H,6,8,11,13H2,1-4H3,(H2,18,19,20);1H/b7-5+;. The molecule has 0 aromatic heterocycles. The van der Waals surface area contributed by atoms with Crippen molar-refractivity contribution in [3.05, 3.63) is 41.5 Å². The lowest BCUT2D eigenvalue weighted by atomic mass is 10.1. The Morgan fingerprint density at radius 2 is 2.00 bits per heavy atom. The number of hydrogen-bond donors (Lipinski definition) is 2. The molecule has 0 radical (unpaired) electrons. The smallest absolute Gasteiger partial charge is 0.191 e. The SMILES string of the molecule is C/C=C/CCNC(=NCc1ccc(S(C)(=O)=O)c(C)c1)NCC.I. The normalized spacial score (nSPS) is 12.1. The highest BCUT2D eigenvalue weighted by atomic mass is 127. The zero-order chi connectivity index (χ0) is 17.3. The average molecular weight is 465 g/mol. The van der Waals surface area contributed by atoms with Gasteiger partial charge in [-0.15, -0.1) is 24.0 Å². The predicted octanol–water partition coefficient (Wildman–Crippen LogP) is 3.04. The molecule has 0 aliphatic heterocycles. The Balaban J connectivity index is 0.00000529. The number of hydrogen-bond acceptors (Lipinski definition) is 3. The van der Waals surface area contributed by atoms with E-state index in [-0.39, 0.29) is 24.0 Å². The fourth-order valence-electron chi connectivity index (χ4n) is 2.18. The van der Waals surface area contributed by atoms with Crippen molar-refractivity contribution in [3.8, 4) is 0 Å². The van der Waals surface area contributed by atoms with E-state index in [9.17, 15) is 8.42 Å². The quantitative estimate of drug-likeness (QED) is 0.214. The summed E-state index contributed by atoms with van der Waals surface area (Å²) < 4.78 is 23.3. The summed E-state index contributed by atoms with van der Waals surface area (Å²) in [6.07, 6.45) is 6.30. The summed E-state index contributed by atoms with van der Waals surface area (Å²) in [5.74, 6) is 0.766. The van der Waals surface area contributed by atoms with Gasteiger partial charge in [-0.05, 0) is 44.4 Å². The molecule has 0 saturated carbocycles. The third-order valence-corrected chi connectivity index (χ3v) is 4.50. The van der Waals surface area contributed by atoms with Crippen molar-refractivity contribution in [2.24, 2.45) is 4.99 Å². The minimum absolute atomic E-state index is 0. The highest BCUT2D eigenvalue weighted by Gasteiger charge is 2.10. The molecule has 5 nitrogen and oxygen atoms in total. The van der Waals surface area contributed by atoms with E-state index in [2.05, 4.69) is 21.7 Å². The Bertz CT molecular complexity index is 670. The second-order valence-corrected chi connectivity index (χ2v) is 7.34. The van der Waals surface area contributed by atoms with Crippen molar-refractivity contribution >= 4 is 39.8 Å². The highest BCUT2D eigenvalue weighted by Crippen LogP contribution is 2.17. The lowest BCUT2D eigenvalue weighted by Crippen LogP contribution is -2.37. The van der Waals surface area contributed by atoms with Crippen molar-refractivity contribution in [1.82, 2.24) is 10.6 Å². The number of rotatable bonds is 7. The second kappa shape index (κ2) is 11.5. The van der Waals surface area contributed by atoms with Gasteiger partial charge in [-0.2, -0.15) is 0 Å². The molecular formula is C17H28IN3O2S. The molecule has 7 heteroatoms. The Morgan fingerprint density at radius 3 is 2.54 bits per heavy atom. The predicted molar refractivity (Wildman–Crippen MR) is 112 cm³/mol. The first-order chi connectivity index (χ1) is 10.9. The summed E-state index contributed by atoms with van der Waals surface area (Å²) >= 11 is 0. The van der Waals surface area contributed by atoms with Crippen LogP contribution in [0.25, 0.3) is 0 Å². The molecule has 1 aromatic rings. The van der Waals surface area contributed by atoms with Crippen molar-refractivity contribution < 1.29 is 8.42 Å². The Morgan fingerprint density at radius 1 is 1.29 bits per heavy atom. The Hall–Kier alpha value is -1.09. The molecule has 1 aromatic carbocycles. The van der Waals surface area contributed by atoms with Crippen LogP contribution in [-0.2, 0) is 16.4 Å². The van der Waals surface area contributed by atoms with E-state index in [0.29, 0.717) is 11.4 Å². The molecule has 0 aliphatic carbocycles. The maximum Gasteiger partial charge on any atom is 0.191 e. The number of aliphatic imine (C=N–C) groups is 1. The van der Waals surface area contributed by atoms with Crippen LogP contribution in [0.5, 0.6) is 0 Å². The summed E-state index contributed by atoms with van der Waals surface area (Å²) in [6.45, 7) is 7.95. The summed E-state index contributed by atoms with van der Waals surface area (Å²) in [4.78, 5) is 4.91. The molecule has 0 fully saturated rings. The Kier molecular flexibility index (Phi) is 10.9. The molecule has 0 heterocycles. The first-order valence-electron chi connectivity index (χ1n) is 7.81. The van der Waals surface area contributed by atoms with Crippen molar-refractivity contribution in [2.45, 2.75) is 38.6 Å². The minimum Gasteiger partial charge on any atom is -0.357 e. The maximum atomic E-state index is 11.6. The third kappa shape index (κ3) is 8.14. The molecule has 2 N–H and O–H groups in total. The van der Waals surface area contributed by atoms with E-state index >= 15 is 0 Å². The first-order valence-corrected chi connectivity index (χ1v) is 9.70. The molecule has 1 rings (SSSR count). The van der Waals surface area contributed by atoms with Crippen LogP contribution in [0.1, 0.15) is 31.4 Å². The lowest BCUT2D eigenvalue weighted by molar-refractivity contribution is 0.601. The number of allylic oxidation sites excluding steroid dienone is 1. The van der Waals surface area contributed by atoms with Gasteiger partial charge in [-0.3, -0.25) is 0 Å².